The number of amides is 2. The molecule has 0 aliphatic carbocycles. The molecular formula is C36H30N8O14S2. The molecule has 0 saturated carbocycles. The third-order valence-electron chi connectivity index (χ3n) is 9.12. The summed E-state index contributed by atoms with van der Waals surface area (Å²) in [6.07, 6.45) is 0. The molecular weight excluding hydrogens is 833 g/mol. The number of carbonyl (C=O) groups excluding carboxylic acids is 2. The molecule has 2 atom stereocenters. The number of anilines is 2. The van der Waals surface area contributed by atoms with E-state index >= 15 is 0 Å². The number of nitrogens with zero attached hydrogens (tertiary/aromatic N) is 8. The summed E-state index contributed by atoms with van der Waals surface area (Å²) >= 11 is 0. The molecule has 0 bridgehead atoms. The highest BCUT2D eigenvalue weighted by atomic mass is 32.2. The Morgan fingerprint density at radius 2 is 0.950 bits per heavy atom. The van der Waals surface area contributed by atoms with Crippen LogP contribution in [0.3, 0.4) is 0 Å². The van der Waals surface area contributed by atoms with Crippen LogP contribution >= 0.6 is 0 Å². The molecule has 24 heteroatoms. The van der Waals surface area contributed by atoms with Crippen molar-refractivity contribution in [2.24, 2.45) is 30.7 Å². The Morgan fingerprint density at radius 1 is 0.600 bits per heavy atom. The first-order chi connectivity index (χ1) is 28.0. The van der Waals surface area contributed by atoms with Crippen molar-refractivity contribution >= 4 is 78.2 Å². The summed E-state index contributed by atoms with van der Waals surface area (Å²) in [7, 11) is -9.89. The van der Waals surface area contributed by atoms with Crippen molar-refractivity contribution in [1.82, 2.24) is 0 Å². The summed E-state index contributed by atoms with van der Waals surface area (Å²) in [6.45, 7) is 6.42. The second-order valence-corrected chi connectivity index (χ2v) is 16.1. The lowest BCUT2D eigenvalue weighted by atomic mass is 9.96. The first kappa shape index (κ1) is 42.3. The summed E-state index contributed by atoms with van der Waals surface area (Å²) < 4.78 is 66.1. The van der Waals surface area contributed by atoms with Gasteiger partial charge in [0.2, 0.25) is 0 Å². The number of aromatic hydroxyl groups is 2. The fourth-order valence-corrected chi connectivity index (χ4v) is 7.19. The highest BCUT2D eigenvalue weighted by molar-refractivity contribution is 7.86. The van der Waals surface area contributed by atoms with E-state index in [1.54, 1.807) is 50.2 Å². The lowest BCUT2D eigenvalue weighted by Crippen LogP contribution is -2.30. The molecule has 2 unspecified atom stereocenters. The number of aromatic carboxylic acids is 2. The monoisotopic (exact) mass is 862 g/mol. The van der Waals surface area contributed by atoms with Gasteiger partial charge in [0.05, 0.1) is 32.6 Å². The number of carboxylic acids is 2. The Bertz CT molecular complexity index is 2730. The molecule has 0 spiro atoms. The maximum Gasteiger partial charge on any atom is 0.339 e. The van der Waals surface area contributed by atoms with Crippen molar-refractivity contribution in [3.63, 3.8) is 0 Å². The van der Waals surface area contributed by atoms with Crippen molar-refractivity contribution < 1.29 is 65.5 Å². The van der Waals surface area contributed by atoms with Crippen LogP contribution < -0.4 is 10.0 Å². The highest BCUT2D eigenvalue weighted by Gasteiger charge is 2.39. The summed E-state index contributed by atoms with van der Waals surface area (Å²) in [6, 6.07) is 9.87. The molecule has 0 fully saturated rings. The summed E-state index contributed by atoms with van der Waals surface area (Å²) in [5.41, 5.74) is 0.796. The Morgan fingerprint density at radius 3 is 1.25 bits per heavy atom. The number of hydrogen-bond acceptors (Lipinski definition) is 16. The number of aryl methyl sites for hydroxylation is 2. The van der Waals surface area contributed by atoms with Gasteiger partial charge in [-0.1, -0.05) is 12.1 Å². The van der Waals surface area contributed by atoms with Gasteiger partial charge in [0, 0.05) is 0 Å². The first-order valence-corrected chi connectivity index (χ1v) is 19.8. The molecule has 310 valence electrons. The Balaban J connectivity index is 1.18. The van der Waals surface area contributed by atoms with E-state index < -0.39 is 99.9 Å². The SMILES string of the molecule is CC1=NN(c2cc(S(=O)(=O)O)cc(C(=O)O)c2O)C(=O)C1N=Nc1ccc(-c2ccc(N=NC3C(=O)N(c4cc(S(=O)(=O)O)cc(C(=O)O)c4O)N=C3C)cc2C)c(C)c1. The maximum atomic E-state index is 13.3. The lowest BCUT2D eigenvalue weighted by Gasteiger charge is -2.16. The Labute approximate surface area is 338 Å². The van der Waals surface area contributed by atoms with E-state index in [4.69, 9.17) is 0 Å². The van der Waals surface area contributed by atoms with E-state index in [-0.39, 0.29) is 11.4 Å². The molecule has 2 amide bonds. The van der Waals surface area contributed by atoms with Gasteiger partial charge in [-0.05, 0) is 98.5 Å². The second kappa shape index (κ2) is 15.5. The van der Waals surface area contributed by atoms with Gasteiger partial charge in [0.1, 0.15) is 22.5 Å². The van der Waals surface area contributed by atoms with Gasteiger partial charge in [-0.15, -0.1) is 0 Å². The topological polar surface area (TPSA) is 339 Å². The average Bonchev–Trinajstić information content (AvgIpc) is 3.60. The zero-order valence-electron chi connectivity index (χ0n) is 31.3. The van der Waals surface area contributed by atoms with Crippen LogP contribution in [0.15, 0.2) is 101 Å². The minimum absolute atomic E-state index is 0.0784. The molecule has 6 N–H and O–H groups in total. The van der Waals surface area contributed by atoms with Gasteiger partial charge in [0.15, 0.2) is 23.6 Å². The predicted molar refractivity (Wildman–Crippen MR) is 209 cm³/mol. The molecule has 0 saturated heterocycles. The summed E-state index contributed by atoms with van der Waals surface area (Å²) in [4.78, 5) is 48.1. The molecule has 2 aliphatic heterocycles. The second-order valence-electron chi connectivity index (χ2n) is 13.3. The molecule has 60 heavy (non-hydrogen) atoms. The van der Waals surface area contributed by atoms with E-state index in [1.165, 1.54) is 13.8 Å². The molecule has 6 rings (SSSR count). The van der Waals surface area contributed by atoms with Gasteiger partial charge in [-0.2, -0.15) is 57.5 Å². The van der Waals surface area contributed by atoms with E-state index in [0.717, 1.165) is 22.3 Å². The molecule has 0 radical (unpaired) electrons. The average molecular weight is 863 g/mol. The van der Waals surface area contributed by atoms with Crippen LogP contribution in [-0.2, 0) is 29.8 Å². The molecule has 0 aromatic heterocycles. The summed E-state index contributed by atoms with van der Waals surface area (Å²) in [5, 5.41) is 65.6. The van der Waals surface area contributed by atoms with Gasteiger partial charge in [0.25, 0.3) is 32.1 Å². The number of hydrazone groups is 2. The number of hydrogen-bond donors (Lipinski definition) is 6. The van der Waals surface area contributed by atoms with Crippen molar-refractivity contribution in [2.45, 2.75) is 49.6 Å². The normalized spacial score (nSPS) is 17.2. The Hall–Kier alpha value is -7.28. The standard InChI is InChI=1S/C36H30N8O14S2/c1-15-9-19(37-39-29-17(3)41-43(33(29)47)27-13-21(59(53,54)55)11-25(31(27)45)35(49)50)5-7-23(15)24-8-6-20(10-16(24)2)38-40-30-18(4)42-44(34(30)48)28-14-22(60(56,57)58)12-26(32(28)46)36(51)52/h5-14,29-30,45-46H,1-4H3,(H,49,50)(H,51,52)(H,53,54,55)(H,56,57,58). The number of phenols is 2. The lowest BCUT2D eigenvalue weighted by molar-refractivity contribution is -0.118. The molecule has 2 heterocycles. The number of benzene rings is 4. The van der Waals surface area contributed by atoms with Gasteiger partial charge >= 0.3 is 11.9 Å². The summed E-state index contributed by atoms with van der Waals surface area (Å²) in [5.74, 6) is -7.20. The Kier molecular flexibility index (Phi) is 10.9. The zero-order chi connectivity index (χ0) is 44.2. The van der Waals surface area contributed by atoms with Crippen LogP contribution in [0.25, 0.3) is 11.1 Å². The van der Waals surface area contributed by atoms with Crippen molar-refractivity contribution in [3.8, 4) is 22.6 Å². The number of azo groups is 2. The van der Waals surface area contributed by atoms with E-state index in [0.29, 0.717) is 45.7 Å². The van der Waals surface area contributed by atoms with Crippen LogP contribution in [0.4, 0.5) is 22.7 Å². The van der Waals surface area contributed by atoms with Crippen molar-refractivity contribution in [3.05, 3.63) is 82.9 Å². The zero-order valence-corrected chi connectivity index (χ0v) is 32.9. The van der Waals surface area contributed by atoms with Crippen molar-refractivity contribution in [2.75, 3.05) is 10.0 Å². The first-order valence-electron chi connectivity index (χ1n) is 16.9. The van der Waals surface area contributed by atoms with Crippen molar-refractivity contribution in [1.29, 1.82) is 0 Å². The van der Waals surface area contributed by atoms with Crippen LogP contribution in [0.2, 0.25) is 0 Å². The van der Waals surface area contributed by atoms with Crippen LogP contribution in [0.1, 0.15) is 45.7 Å². The predicted octanol–water partition coefficient (Wildman–Crippen LogP) is 5.02. The fourth-order valence-electron chi connectivity index (χ4n) is 6.13. The largest absolute Gasteiger partial charge is 0.505 e. The number of carboxylic acid groups (broad SMARTS) is 2. The van der Waals surface area contributed by atoms with Crippen LogP contribution in [0, 0.1) is 13.8 Å². The van der Waals surface area contributed by atoms with Crippen LogP contribution in [-0.4, -0.2) is 93.6 Å². The third-order valence-corrected chi connectivity index (χ3v) is 10.8. The highest BCUT2D eigenvalue weighted by Crippen LogP contribution is 2.39. The molecule has 22 nitrogen and oxygen atoms in total. The van der Waals surface area contributed by atoms with E-state index in [2.05, 4.69) is 30.7 Å². The van der Waals surface area contributed by atoms with E-state index in [1.807, 2.05) is 0 Å². The minimum Gasteiger partial charge on any atom is -0.505 e. The fraction of sp³-hybridized carbons (Fsp3) is 0.167. The van der Waals surface area contributed by atoms with Gasteiger partial charge < -0.3 is 20.4 Å². The molecule has 4 aromatic rings. The van der Waals surface area contributed by atoms with Gasteiger partial charge in [-0.3, -0.25) is 18.7 Å². The maximum absolute atomic E-state index is 13.3. The number of rotatable bonds is 11. The van der Waals surface area contributed by atoms with Gasteiger partial charge in [-0.25, -0.2) is 9.59 Å². The smallest absolute Gasteiger partial charge is 0.339 e. The minimum atomic E-state index is -4.95. The van der Waals surface area contributed by atoms with Crippen LogP contribution in [0.5, 0.6) is 11.5 Å². The van der Waals surface area contributed by atoms with E-state index in [9.17, 15) is 65.5 Å². The number of carbonyl (C=O) groups is 4. The quantitative estimate of drug-likeness (QED) is 0.0852. The molecule has 4 aromatic carbocycles. The third kappa shape index (κ3) is 8.06. The molecule has 2 aliphatic rings.